The fourth-order valence-corrected chi connectivity index (χ4v) is 5.06. The minimum Gasteiger partial charge on any atom is -0.466 e. The Hall–Kier alpha value is -1.73. The molecule has 3 rings (SSSR count). The summed E-state index contributed by atoms with van der Waals surface area (Å²) in [5, 5.41) is 11.4. The topological polar surface area (TPSA) is 102 Å². The summed E-state index contributed by atoms with van der Waals surface area (Å²) >= 11 is 0. The third-order valence-corrected chi connectivity index (χ3v) is 7.28. The first-order valence-corrected chi connectivity index (χ1v) is 9.78. The zero-order valence-corrected chi connectivity index (χ0v) is 17.2. The van der Waals surface area contributed by atoms with Gasteiger partial charge in [0.25, 0.3) is 0 Å². The lowest BCUT2D eigenvalue weighted by Crippen LogP contribution is -2.61. The normalized spacial score (nSPS) is 45.0. The van der Waals surface area contributed by atoms with Crippen LogP contribution in [0.25, 0.3) is 0 Å². The Morgan fingerprint density at radius 1 is 1.29 bits per heavy atom. The molecule has 1 N–H and O–H groups in total. The first-order chi connectivity index (χ1) is 12.9. The number of esters is 2. The molecule has 1 heterocycles. The van der Waals surface area contributed by atoms with E-state index in [1.54, 1.807) is 20.8 Å². The number of epoxide rings is 1. The number of rotatable bonds is 4. The third-order valence-electron chi connectivity index (χ3n) is 7.28. The van der Waals surface area contributed by atoms with Crippen LogP contribution in [0.1, 0.15) is 53.4 Å². The maximum atomic E-state index is 12.7. The van der Waals surface area contributed by atoms with Gasteiger partial charge in [0.1, 0.15) is 17.5 Å². The Bertz CT molecular complexity index is 726. The summed E-state index contributed by atoms with van der Waals surface area (Å²) in [5.41, 5.74) is -2.62. The van der Waals surface area contributed by atoms with Crippen LogP contribution in [0, 0.1) is 17.3 Å². The number of hydrogen-bond donors (Lipinski definition) is 1. The molecule has 2 aliphatic carbocycles. The lowest BCUT2D eigenvalue weighted by atomic mass is 9.52. The monoisotopic (exact) mass is 394 g/mol. The molecule has 0 bridgehead atoms. The van der Waals surface area contributed by atoms with Crippen molar-refractivity contribution in [2.24, 2.45) is 17.3 Å². The van der Waals surface area contributed by atoms with E-state index in [0.717, 1.165) is 0 Å². The fourth-order valence-electron chi connectivity index (χ4n) is 5.06. The van der Waals surface area contributed by atoms with Gasteiger partial charge in [-0.1, -0.05) is 13.5 Å². The average molecular weight is 394 g/mol. The van der Waals surface area contributed by atoms with E-state index in [1.165, 1.54) is 7.11 Å². The van der Waals surface area contributed by atoms with Crippen LogP contribution in [0.5, 0.6) is 0 Å². The molecule has 0 spiro atoms. The predicted molar refractivity (Wildman–Crippen MR) is 99.2 cm³/mol. The molecule has 7 atom stereocenters. The Kier molecular flexibility index (Phi) is 4.99. The lowest BCUT2D eigenvalue weighted by molar-refractivity contribution is -0.207. The Morgan fingerprint density at radius 3 is 2.43 bits per heavy atom. The van der Waals surface area contributed by atoms with E-state index >= 15 is 0 Å². The number of aliphatic hydroxyl groups is 1. The highest BCUT2D eigenvalue weighted by atomic mass is 16.7. The minimum absolute atomic E-state index is 0.0619. The Morgan fingerprint density at radius 2 is 1.89 bits per heavy atom. The second kappa shape index (κ2) is 6.66. The third kappa shape index (κ3) is 3.18. The lowest BCUT2D eigenvalue weighted by Gasteiger charge is -2.55. The van der Waals surface area contributed by atoms with Crippen LogP contribution in [0.15, 0.2) is 12.2 Å². The average Bonchev–Trinajstić information content (AvgIpc) is 3.23. The highest BCUT2D eigenvalue weighted by molar-refractivity contribution is 5.97. The van der Waals surface area contributed by atoms with Crippen LogP contribution in [-0.4, -0.2) is 53.3 Å². The van der Waals surface area contributed by atoms with Gasteiger partial charge in [-0.05, 0) is 51.4 Å². The highest BCUT2D eigenvalue weighted by Gasteiger charge is 2.62. The first kappa shape index (κ1) is 21.0. The molecule has 3 fully saturated rings. The van der Waals surface area contributed by atoms with Crippen molar-refractivity contribution in [3.8, 4) is 0 Å². The largest absolute Gasteiger partial charge is 0.466 e. The summed E-state index contributed by atoms with van der Waals surface area (Å²) in [7, 11) is 1.25. The molecule has 0 amide bonds. The summed E-state index contributed by atoms with van der Waals surface area (Å²) in [5.74, 6) is -2.19. The Labute approximate surface area is 165 Å². The maximum Gasteiger partial charge on any atom is 0.341 e. The molecule has 0 aromatic rings. The van der Waals surface area contributed by atoms with Crippen molar-refractivity contribution in [2.45, 2.75) is 76.8 Å². The van der Waals surface area contributed by atoms with Gasteiger partial charge in [-0.25, -0.2) is 9.59 Å². The van der Waals surface area contributed by atoms with Gasteiger partial charge in [-0.2, -0.15) is 0 Å². The van der Waals surface area contributed by atoms with Crippen LogP contribution < -0.4 is 0 Å². The van der Waals surface area contributed by atoms with Crippen molar-refractivity contribution >= 4 is 17.7 Å². The van der Waals surface area contributed by atoms with Crippen LogP contribution >= 0.6 is 0 Å². The summed E-state index contributed by atoms with van der Waals surface area (Å²) in [4.78, 5) is 37.1. The van der Waals surface area contributed by atoms with Gasteiger partial charge in [0.2, 0.25) is 0 Å². The van der Waals surface area contributed by atoms with Crippen LogP contribution in [0.4, 0.5) is 0 Å². The number of carbonyl (C=O) groups excluding carboxylic acids is 3. The second-order valence-corrected chi connectivity index (χ2v) is 9.18. The Balaban J connectivity index is 1.81. The molecule has 28 heavy (non-hydrogen) atoms. The van der Waals surface area contributed by atoms with Crippen molar-refractivity contribution < 1.29 is 33.7 Å². The molecule has 0 aromatic carbocycles. The number of carbonyl (C=O) groups is 3. The van der Waals surface area contributed by atoms with Crippen molar-refractivity contribution in [3.05, 3.63) is 12.2 Å². The number of hydrogen-bond acceptors (Lipinski definition) is 7. The summed E-state index contributed by atoms with van der Waals surface area (Å²) in [6, 6.07) is 0. The van der Waals surface area contributed by atoms with Gasteiger partial charge in [0.05, 0.1) is 13.2 Å². The van der Waals surface area contributed by atoms with E-state index in [4.69, 9.17) is 14.2 Å². The molecule has 156 valence electrons. The van der Waals surface area contributed by atoms with Gasteiger partial charge >= 0.3 is 11.9 Å². The van der Waals surface area contributed by atoms with Gasteiger partial charge in [0, 0.05) is 17.9 Å². The van der Waals surface area contributed by atoms with Gasteiger partial charge in [-0.15, -0.1) is 0 Å². The molecular weight excluding hydrogens is 364 g/mol. The van der Waals surface area contributed by atoms with E-state index in [0.29, 0.717) is 12.8 Å². The van der Waals surface area contributed by atoms with Gasteiger partial charge in [-0.3, -0.25) is 4.79 Å². The number of fused-ring (bicyclic) bond motifs is 1. The zero-order chi connectivity index (χ0) is 21.1. The van der Waals surface area contributed by atoms with Crippen molar-refractivity contribution in [1.82, 2.24) is 0 Å². The van der Waals surface area contributed by atoms with E-state index in [2.05, 4.69) is 6.58 Å². The van der Waals surface area contributed by atoms with Gasteiger partial charge < -0.3 is 19.3 Å². The molecule has 3 aliphatic rings. The number of ketones is 1. The quantitative estimate of drug-likeness (QED) is 0.442. The highest BCUT2D eigenvalue weighted by Crippen LogP contribution is 2.56. The van der Waals surface area contributed by atoms with Crippen molar-refractivity contribution in [1.29, 1.82) is 0 Å². The molecule has 2 saturated carbocycles. The number of Topliss-reactive ketones (excluding diaryl/α,β-unsaturated/α-hetero) is 1. The first-order valence-electron chi connectivity index (χ1n) is 9.78. The maximum absolute atomic E-state index is 12.7. The van der Waals surface area contributed by atoms with Crippen LogP contribution in [-0.2, 0) is 28.6 Å². The predicted octanol–water partition coefficient (Wildman–Crippen LogP) is 1.95. The molecule has 0 aromatic heterocycles. The smallest absolute Gasteiger partial charge is 0.341 e. The van der Waals surface area contributed by atoms with Crippen molar-refractivity contribution in [3.63, 3.8) is 0 Å². The van der Waals surface area contributed by atoms with E-state index in [1.807, 2.05) is 6.92 Å². The van der Waals surface area contributed by atoms with Crippen LogP contribution in [0.3, 0.4) is 0 Å². The van der Waals surface area contributed by atoms with Crippen LogP contribution in [0.2, 0.25) is 0 Å². The van der Waals surface area contributed by atoms with E-state index < -0.39 is 40.6 Å². The molecule has 1 saturated heterocycles. The fraction of sp³-hybridized carbons (Fsp3) is 0.762. The number of methoxy groups -OCH3 is 1. The summed E-state index contributed by atoms with van der Waals surface area (Å²) in [6.07, 6.45) is 0.709. The molecule has 1 aliphatic heterocycles. The standard InChI is InChI=1S/C21H30O7/c1-11(17(23)26-6)13-9-15-19(3,10-14(13)22)8-7-16(20(15,4)25)27-18(24)21(5)12(2)28-21/h12-13,15-16,25H,1,7-10H2,2-6H3. The molecule has 7 unspecified atom stereocenters. The van der Waals surface area contributed by atoms with E-state index in [9.17, 15) is 19.5 Å². The van der Waals surface area contributed by atoms with E-state index in [-0.39, 0.29) is 36.2 Å². The molecule has 7 nitrogen and oxygen atoms in total. The molecule has 7 heteroatoms. The second-order valence-electron chi connectivity index (χ2n) is 9.18. The SMILES string of the molecule is C=C(C(=O)OC)C1CC2C(C)(CCC(OC(=O)C3(C)OC3C)C2(C)O)CC1=O. The molecule has 0 radical (unpaired) electrons. The summed E-state index contributed by atoms with van der Waals surface area (Å²) < 4.78 is 15.7. The number of ether oxygens (including phenoxy) is 3. The van der Waals surface area contributed by atoms with Crippen molar-refractivity contribution in [2.75, 3.05) is 7.11 Å². The summed E-state index contributed by atoms with van der Waals surface area (Å²) in [6.45, 7) is 10.9. The molecular formula is C21H30O7. The zero-order valence-electron chi connectivity index (χ0n) is 17.2. The van der Waals surface area contributed by atoms with Gasteiger partial charge in [0.15, 0.2) is 5.60 Å². The minimum atomic E-state index is -1.34.